The quantitative estimate of drug-likeness (QED) is 0.556. The molecule has 1 aliphatic rings. The standard InChI is InChI=1S/C9H14N6O3/c1-5(6-12-14-15-13-6)11-8(18)10-4-9(2-3-9)7(16)17/h5H,2-4H2,1H3,(H,16,17)(H2,10,11,18)(H,12,13,14,15). The van der Waals surface area contributed by atoms with Gasteiger partial charge in [0.1, 0.15) is 0 Å². The topological polar surface area (TPSA) is 133 Å². The maximum Gasteiger partial charge on any atom is 0.315 e. The zero-order valence-electron chi connectivity index (χ0n) is 9.80. The number of H-pyrrole nitrogens is 1. The number of carboxylic acid groups (broad SMARTS) is 1. The molecular formula is C9H14N6O3. The Labute approximate surface area is 102 Å². The molecule has 1 aromatic heterocycles. The van der Waals surface area contributed by atoms with E-state index in [2.05, 4.69) is 31.3 Å². The fraction of sp³-hybridized carbons (Fsp3) is 0.667. The van der Waals surface area contributed by atoms with Crippen molar-refractivity contribution >= 4 is 12.0 Å². The number of amides is 2. The van der Waals surface area contributed by atoms with Crippen LogP contribution in [0, 0.1) is 5.41 Å². The SMILES string of the molecule is CC(NC(=O)NCC1(C(=O)O)CC1)c1nn[nH]n1. The van der Waals surface area contributed by atoms with Crippen LogP contribution in [0.1, 0.15) is 31.6 Å². The Kier molecular flexibility index (Phi) is 3.13. The van der Waals surface area contributed by atoms with Crippen LogP contribution in [0.3, 0.4) is 0 Å². The summed E-state index contributed by atoms with van der Waals surface area (Å²) in [6.07, 6.45) is 1.20. The normalized spacial score (nSPS) is 17.8. The molecule has 2 amide bonds. The average molecular weight is 254 g/mol. The Morgan fingerprint density at radius 2 is 2.28 bits per heavy atom. The first-order valence-electron chi connectivity index (χ1n) is 5.55. The highest BCUT2D eigenvalue weighted by Gasteiger charge is 2.50. The Morgan fingerprint density at radius 3 is 2.78 bits per heavy atom. The molecule has 0 aliphatic heterocycles. The van der Waals surface area contributed by atoms with E-state index >= 15 is 0 Å². The molecule has 1 aliphatic carbocycles. The molecule has 1 saturated carbocycles. The minimum Gasteiger partial charge on any atom is -0.481 e. The van der Waals surface area contributed by atoms with Gasteiger partial charge in [0.2, 0.25) is 0 Å². The Hall–Kier alpha value is -2.19. The van der Waals surface area contributed by atoms with Gasteiger partial charge in [-0.05, 0) is 19.8 Å². The number of carbonyl (C=O) groups is 2. The summed E-state index contributed by atoms with van der Waals surface area (Å²) in [6, 6.07) is -0.844. The van der Waals surface area contributed by atoms with Gasteiger partial charge < -0.3 is 15.7 Å². The zero-order chi connectivity index (χ0) is 13.2. The number of tetrazole rings is 1. The lowest BCUT2D eigenvalue weighted by atomic mass is 10.1. The lowest BCUT2D eigenvalue weighted by Crippen LogP contribution is -2.41. The maximum atomic E-state index is 11.5. The van der Waals surface area contributed by atoms with E-state index < -0.39 is 23.5 Å². The molecule has 1 atom stereocenters. The number of aliphatic carboxylic acids is 1. The molecule has 0 bridgehead atoms. The first kappa shape index (κ1) is 12.3. The first-order valence-corrected chi connectivity index (χ1v) is 5.55. The molecule has 0 aromatic carbocycles. The molecule has 2 rings (SSSR count). The maximum absolute atomic E-state index is 11.5. The zero-order valence-corrected chi connectivity index (χ0v) is 9.80. The van der Waals surface area contributed by atoms with Crippen molar-refractivity contribution in [1.82, 2.24) is 31.3 Å². The van der Waals surface area contributed by atoms with Gasteiger partial charge >= 0.3 is 12.0 Å². The predicted molar refractivity (Wildman–Crippen MR) is 58.4 cm³/mol. The second-order valence-corrected chi connectivity index (χ2v) is 4.40. The van der Waals surface area contributed by atoms with E-state index in [9.17, 15) is 9.59 Å². The number of nitrogens with zero attached hydrogens (tertiary/aromatic N) is 3. The third-order valence-corrected chi connectivity index (χ3v) is 2.99. The van der Waals surface area contributed by atoms with Crippen LogP contribution in [0.15, 0.2) is 0 Å². The van der Waals surface area contributed by atoms with Gasteiger partial charge in [-0.25, -0.2) is 4.79 Å². The smallest absolute Gasteiger partial charge is 0.315 e. The van der Waals surface area contributed by atoms with E-state index in [1.54, 1.807) is 6.92 Å². The third kappa shape index (κ3) is 2.55. The van der Waals surface area contributed by atoms with Gasteiger partial charge in [0, 0.05) is 6.54 Å². The Balaban J connectivity index is 1.78. The molecule has 18 heavy (non-hydrogen) atoms. The van der Waals surface area contributed by atoms with Crippen molar-refractivity contribution in [3.8, 4) is 0 Å². The third-order valence-electron chi connectivity index (χ3n) is 2.99. The molecule has 1 heterocycles. The van der Waals surface area contributed by atoms with E-state index in [-0.39, 0.29) is 6.54 Å². The molecule has 0 spiro atoms. The molecule has 4 N–H and O–H groups in total. The molecule has 1 unspecified atom stereocenters. The fourth-order valence-corrected chi connectivity index (χ4v) is 1.53. The second kappa shape index (κ2) is 4.59. The average Bonchev–Trinajstić information content (AvgIpc) is 2.92. The number of nitrogens with one attached hydrogen (secondary N) is 3. The summed E-state index contributed by atoms with van der Waals surface area (Å²) in [5.41, 5.74) is -0.771. The second-order valence-electron chi connectivity index (χ2n) is 4.40. The van der Waals surface area contributed by atoms with Crippen LogP contribution in [0.5, 0.6) is 0 Å². The molecule has 1 fully saturated rings. The number of rotatable bonds is 5. The molecule has 9 heteroatoms. The summed E-state index contributed by atoms with van der Waals surface area (Å²) >= 11 is 0. The number of aromatic amines is 1. The summed E-state index contributed by atoms with van der Waals surface area (Å²) in [7, 11) is 0. The van der Waals surface area contributed by atoms with Crippen molar-refractivity contribution in [3.05, 3.63) is 5.82 Å². The van der Waals surface area contributed by atoms with Crippen molar-refractivity contribution in [2.75, 3.05) is 6.54 Å². The minimum absolute atomic E-state index is 0.132. The molecule has 1 aromatic rings. The van der Waals surface area contributed by atoms with E-state index in [0.29, 0.717) is 18.7 Å². The van der Waals surface area contributed by atoms with Crippen molar-refractivity contribution in [2.45, 2.75) is 25.8 Å². The van der Waals surface area contributed by atoms with Crippen molar-refractivity contribution in [2.24, 2.45) is 5.41 Å². The first-order chi connectivity index (χ1) is 8.53. The van der Waals surface area contributed by atoms with Crippen LogP contribution < -0.4 is 10.6 Å². The van der Waals surface area contributed by atoms with Crippen molar-refractivity contribution < 1.29 is 14.7 Å². The molecule has 9 nitrogen and oxygen atoms in total. The van der Waals surface area contributed by atoms with Gasteiger partial charge in [-0.1, -0.05) is 5.21 Å². The van der Waals surface area contributed by atoms with Crippen LogP contribution >= 0.6 is 0 Å². The van der Waals surface area contributed by atoms with E-state index in [1.165, 1.54) is 0 Å². The monoisotopic (exact) mass is 254 g/mol. The number of carbonyl (C=O) groups excluding carboxylic acids is 1. The molecule has 98 valence electrons. The lowest BCUT2D eigenvalue weighted by Gasteiger charge is -2.14. The summed E-state index contributed by atoms with van der Waals surface area (Å²) in [5.74, 6) is -0.501. The highest BCUT2D eigenvalue weighted by Crippen LogP contribution is 2.45. The summed E-state index contributed by atoms with van der Waals surface area (Å²) in [4.78, 5) is 22.4. The molecule has 0 saturated heterocycles. The van der Waals surface area contributed by atoms with Gasteiger partial charge in [-0.3, -0.25) is 4.79 Å². The van der Waals surface area contributed by atoms with Gasteiger partial charge in [0.15, 0.2) is 5.82 Å². The summed E-state index contributed by atoms with van der Waals surface area (Å²) < 4.78 is 0. The van der Waals surface area contributed by atoms with Gasteiger partial charge in [-0.2, -0.15) is 5.21 Å². The van der Waals surface area contributed by atoms with Gasteiger partial charge in [0.05, 0.1) is 11.5 Å². The van der Waals surface area contributed by atoms with Gasteiger partial charge in [0.25, 0.3) is 0 Å². The van der Waals surface area contributed by atoms with E-state index in [1.807, 2.05) is 0 Å². The highest BCUT2D eigenvalue weighted by atomic mass is 16.4. The number of carboxylic acids is 1. The van der Waals surface area contributed by atoms with Crippen LogP contribution in [0.4, 0.5) is 4.79 Å². The predicted octanol–water partition coefficient (Wildman–Crippen LogP) is -0.575. The number of hydrogen-bond acceptors (Lipinski definition) is 5. The van der Waals surface area contributed by atoms with Crippen molar-refractivity contribution in [3.63, 3.8) is 0 Å². The van der Waals surface area contributed by atoms with Gasteiger partial charge in [-0.15, -0.1) is 10.2 Å². The number of aromatic nitrogens is 4. The van der Waals surface area contributed by atoms with Crippen molar-refractivity contribution in [1.29, 1.82) is 0 Å². The minimum atomic E-state index is -0.867. The number of hydrogen-bond donors (Lipinski definition) is 4. The fourth-order valence-electron chi connectivity index (χ4n) is 1.53. The number of urea groups is 1. The van der Waals surface area contributed by atoms with Crippen LogP contribution in [0.25, 0.3) is 0 Å². The summed E-state index contributed by atoms with van der Waals surface area (Å²) in [6.45, 7) is 1.83. The Morgan fingerprint density at radius 1 is 1.56 bits per heavy atom. The molecular weight excluding hydrogens is 240 g/mol. The Bertz CT molecular complexity index is 441. The van der Waals surface area contributed by atoms with Crippen LogP contribution in [-0.4, -0.2) is 44.3 Å². The van der Waals surface area contributed by atoms with Crippen LogP contribution in [-0.2, 0) is 4.79 Å². The lowest BCUT2D eigenvalue weighted by molar-refractivity contribution is -0.143. The largest absolute Gasteiger partial charge is 0.481 e. The van der Waals surface area contributed by atoms with Crippen LogP contribution in [0.2, 0.25) is 0 Å². The summed E-state index contributed by atoms with van der Waals surface area (Å²) in [5, 5.41) is 27.2. The van der Waals surface area contributed by atoms with E-state index in [0.717, 1.165) is 0 Å². The highest BCUT2D eigenvalue weighted by molar-refractivity contribution is 5.80. The molecule has 0 radical (unpaired) electrons. The van der Waals surface area contributed by atoms with E-state index in [4.69, 9.17) is 5.11 Å².